The van der Waals surface area contributed by atoms with E-state index in [2.05, 4.69) is 5.32 Å². The lowest BCUT2D eigenvalue weighted by atomic mass is 9.88. The van der Waals surface area contributed by atoms with E-state index in [4.69, 9.17) is 4.74 Å². The molecule has 1 aromatic carbocycles. The molecule has 1 saturated heterocycles. The van der Waals surface area contributed by atoms with E-state index in [1.807, 2.05) is 0 Å². The van der Waals surface area contributed by atoms with Crippen molar-refractivity contribution < 1.29 is 13.5 Å². The standard InChI is InChI=1S/C13H15F2NO/c14-10-7-11-9(3-6-17-11)13(15)12(10)8-1-4-16-5-2-8/h7-8,16H,1-6H2. The molecule has 1 fully saturated rings. The van der Waals surface area contributed by atoms with Crippen LogP contribution < -0.4 is 10.1 Å². The van der Waals surface area contributed by atoms with Gasteiger partial charge in [0, 0.05) is 23.6 Å². The van der Waals surface area contributed by atoms with Gasteiger partial charge in [-0.3, -0.25) is 0 Å². The lowest BCUT2D eigenvalue weighted by Gasteiger charge is -2.24. The second-order valence-corrected chi connectivity index (χ2v) is 4.69. The van der Waals surface area contributed by atoms with Crippen molar-refractivity contribution in [3.63, 3.8) is 0 Å². The number of rotatable bonds is 1. The number of hydrogen-bond acceptors (Lipinski definition) is 2. The Morgan fingerprint density at radius 2 is 2.00 bits per heavy atom. The van der Waals surface area contributed by atoms with Crippen molar-refractivity contribution in [2.75, 3.05) is 19.7 Å². The summed E-state index contributed by atoms with van der Waals surface area (Å²) in [5, 5.41) is 3.21. The highest BCUT2D eigenvalue weighted by molar-refractivity contribution is 5.43. The molecule has 92 valence electrons. The predicted octanol–water partition coefficient (Wildman–Crippen LogP) is 2.37. The molecule has 0 saturated carbocycles. The van der Waals surface area contributed by atoms with Crippen molar-refractivity contribution in [1.29, 1.82) is 0 Å². The van der Waals surface area contributed by atoms with Crippen LogP contribution in [0.25, 0.3) is 0 Å². The number of hydrogen-bond donors (Lipinski definition) is 1. The highest BCUT2D eigenvalue weighted by Crippen LogP contribution is 2.37. The molecule has 2 heterocycles. The number of piperidine rings is 1. The van der Waals surface area contributed by atoms with Crippen molar-refractivity contribution in [3.8, 4) is 5.75 Å². The van der Waals surface area contributed by atoms with Crippen LogP contribution in [0.3, 0.4) is 0 Å². The molecule has 0 bridgehead atoms. The summed E-state index contributed by atoms with van der Waals surface area (Å²) in [6, 6.07) is 1.35. The molecule has 3 rings (SSSR count). The zero-order valence-corrected chi connectivity index (χ0v) is 9.56. The van der Waals surface area contributed by atoms with Crippen molar-refractivity contribution in [2.45, 2.75) is 25.2 Å². The minimum atomic E-state index is -0.449. The number of halogens is 2. The summed E-state index contributed by atoms with van der Waals surface area (Å²) in [6.45, 7) is 2.12. The summed E-state index contributed by atoms with van der Waals surface area (Å²) < 4.78 is 33.4. The Hall–Kier alpha value is -1.16. The van der Waals surface area contributed by atoms with Gasteiger partial charge in [-0.15, -0.1) is 0 Å². The maximum Gasteiger partial charge on any atom is 0.136 e. The first-order valence-corrected chi connectivity index (χ1v) is 6.11. The topological polar surface area (TPSA) is 21.3 Å². The summed E-state index contributed by atoms with van der Waals surface area (Å²) in [5.74, 6) is -0.431. The molecule has 0 amide bonds. The summed E-state index contributed by atoms with van der Waals surface area (Å²) >= 11 is 0. The molecule has 2 nitrogen and oxygen atoms in total. The molecule has 0 atom stereocenters. The molecule has 0 unspecified atom stereocenters. The van der Waals surface area contributed by atoms with Crippen LogP contribution in [0.2, 0.25) is 0 Å². The van der Waals surface area contributed by atoms with Gasteiger partial charge in [0.1, 0.15) is 17.4 Å². The monoisotopic (exact) mass is 239 g/mol. The van der Waals surface area contributed by atoms with E-state index in [9.17, 15) is 8.78 Å². The molecule has 2 aliphatic rings. The molecule has 4 heteroatoms. The Morgan fingerprint density at radius 3 is 2.76 bits per heavy atom. The Kier molecular flexibility index (Phi) is 2.74. The highest BCUT2D eigenvalue weighted by atomic mass is 19.1. The van der Waals surface area contributed by atoms with Gasteiger partial charge in [0.05, 0.1) is 6.61 Å². The zero-order valence-electron chi connectivity index (χ0n) is 9.56. The molecule has 17 heavy (non-hydrogen) atoms. The molecule has 2 aliphatic heterocycles. The van der Waals surface area contributed by atoms with Crippen LogP contribution in [0.5, 0.6) is 5.75 Å². The van der Waals surface area contributed by atoms with Gasteiger partial charge in [0.15, 0.2) is 0 Å². The fraction of sp³-hybridized carbons (Fsp3) is 0.538. The van der Waals surface area contributed by atoms with Crippen LogP contribution in [0, 0.1) is 11.6 Å². The summed E-state index contributed by atoms with van der Waals surface area (Å²) in [7, 11) is 0. The van der Waals surface area contributed by atoms with Gasteiger partial charge >= 0.3 is 0 Å². The third-order valence-electron chi connectivity index (χ3n) is 3.67. The number of ether oxygens (including phenoxy) is 1. The number of nitrogens with one attached hydrogen (secondary N) is 1. The van der Waals surface area contributed by atoms with Gasteiger partial charge in [0.25, 0.3) is 0 Å². The van der Waals surface area contributed by atoms with Crippen LogP contribution in [0.15, 0.2) is 6.07 Å². The maximum absolute atomic E-state index is 14.3. The van der Waals surface area contributed by atoms with Gasteiger partial charge in [-0.2, -0.15) is 0 Å². The maximum atomic E-state index is 14.3. The first-order chi connectivity index (χ1) is 8.27. The smallest absolute Gasteiger partial charge is 0.136 e. The molecule has 0 aliphatic carbocycles. The third kappa shape index (κ3) is 1.80. The molecule has 1 aromatic rings. The molecule has 1 N–H and O–H groups in total. The molecular weight excluding hydrogens is 224 g/mol. The summed E-state index contributed by atoms with van der Waals surface area (Å²) in [4.78, 5) is 0. The van der Waals surface area contributed by atoms with E-state index < -0.39 is 5.82 Å². The second kappa shape index (κ2) is 4.26. The van der Waals surface area contributed by atoms with Crippen LogP contribution in [0.1, 0.15) is 29.9 Å². The van der Waals surface area contributed by atoms with Crippen molar-refractivity contribution in [1.82, 2.24) is 5.32 Å². The largest absolute Gasteiger partial charge is 0.493 e. The molecular formula is C13H15F2NO. The van der Waals surface area contributed by atoms with Gasteiger partial charge in [0.2, 0.25) is 0 Å². The average Bonchev–Trinajstić information content (AvgIpc) is 2.78. The van der Waals surface area contributed by atoms with E-state index in [0.717, 1.165) is 25.9 Å². The van der Waals surface area contributed by atoms with Crippen molar-refractivity contribution in [3.05, 3.63) is 28.8 Å². The molecule has 0 radical (unpaired) electrons. The Morgan fingerprint density at radius 1 is 1.24 bits per heavy atom. The SMILES string of the molecule is Fc1cc2c(c(F)c1C1CCNCC1)CCO2. The zero-order chi connectivity index (χ0) is 11.8. The molecule has 0 aromatic heterocycles. The molecule has 0 spiro atoms. The number of benzene rings is 1. The Balaban J connectivity index is 2.03. The lowest BCUT2D eigenvalue weighted by molar-refractivity contribution is 0.354. The quantitative estimate of drug-likeness (QED) is 0.812. The summed E-state index contributed by atoms with van der Waals surface area (Å²) in [6.07, 6.45) is 2.15. The van der Waals surface area contributed by atoms with Gasteiger partial charge in [-0.25, -0.2) is 8.78 Å². The van der Waals surface area contributed by atoms with Crippen molar-refractivity contribution in [2.24, 2.45) is 0 Å². The van der Waals surface area contributed by atoms with Crippen LogP contribution in [-0.2, 0) is 6.42 Å². The van der Waals surface area contributed by atoms with E-state index in [0.29, 0.717) is 24.3 Å². The summed E-state index contributed by atoms with van der Waals surface area (Å²) in [5.41, 5.74) is 0.829. The van der Waals surface area contributed by atoms with E-state index in [1.165, 1.54) is 6.07 Å². The first-order valence-electron chi connectivity index (χ1n) is 6.11. The van der Waals surface area contributed by atoms with Gasteiger partial charge in [-0.05, 0) is 31.8 Å². The highest BCUT2D eigenvalue weighted by Gasteiger charge is 2.28. The van der Waals surface area contributed by atoms with Crippen molar-refractivity contribution >= 4 is 0 Å². The third-order valence-corrected chi connectivity index (χ3v) is 3.67. The minimum Gasteiger partial charge on any atom is -0.493 e. The fourth-order valence-corrected chi connectivity index (χ4v) is 2.77. The normalized spacial score (nSPS) is 20.1. The Bertz CT molecular complexity index is 442. The minimum absolute atomic E-state index is 0.00199. The van der Waals surface area contributed by atoms with Gasteiger partial charge < -0.3 is 10.1 Å². The first kappa shape index (κ1) is 11.0. The average molecular weight is 239 g/mol. The van der Waals surface area contributed by atoms with Crippen LogP contribution >= 0.6 is 0 Å². The lowest BCUT2D eigenvalue weighted by Crippen LogP contribution is -2.27. The van der Waals surface area contributed by atoms with E-state index in [-0.39, 0.29) is 17.3 Å². The second-order valence-electron chi connectivity index (χ2n) is 4.69. The predicted molar refractivity (Wildman–Crippen MR) is 60.4 cm³/mol. The van der Waals surface area contributed by atoms with E-state index in [1.54, 1.807) is 0 Å². The van der Waals surface area contributed by atoms with Gasteiger partial charge in [-0.1, -0.05) is 0 Å². The van der Waals surface area contributed by atoms with E-state index >= 15 is 0 Å². The van der Waals surface area contributed by atoms with Crippen LogP contribution in [0.4, 0.5) is 8.78 Å². The number of fused-ring (bicyclic) bond motifs is 1. The Labute approximate surface area is 99.0 Å². The fourth-order valence-electron chi connectivity index (χ4n) is 2.77. The van der Waals surface area contributed by atoms with Crippen LogP contribution in [-0.4, -0.2) is 19.7 Å².